The molecule has 2 heteroatoms. The summed E-state index contributed by atoms with van der Waals surface area (Å²) in [6.45, 7) is 2.22. The summed E-state index contributed by atoms with van der Waals surface area (Å²) in [4.78, 5) is 0. The molecule has 0 N–H and O–H groups in total. The summed E-state index contributed by atoms with van der Waals surface area (Å²) < 4.78 is 10.8. The molecule has 0 aromatic heterocycles. The minimum Gasteiger partial charge on any atom is -0.497 e. The molecule has 2 nitrogen and oxygen atoms in total. The maximum Gasteiger partial charge on any atom is 0.118 e. The normalized spacial score (nSPS) is 23.1. The fraction of sp³-hybridized carbons (Fsp3) is 0.571. The highest BCUT2D eigenvalue weighted by Crippen LogP contribution is 2.30. The SMILES string of the molecule is CCCCC1OC1Cc1ccc(OC)cc1. The van der Waals surface area contributed by atoms with E-state index >= 15 is 0 Å². The molecule has 1 fully saturated rings. The van der Waals surface area contributed by atoms with Crippen LogP contribution in [-0.2, 0) is 11.2 Å². The Labute approximate surface area is 97.6 Å². The molecule has 2 rings (SSSR count). The summed E-state index contributed by atoms with van der Waals surface area (Å²) in [5, 5.41) is 0. The maximum atomic E-state index is 5.65. The lowest BCUT2D eigenvalue weighted by Gasteiger charge is -2.01. The number of hydrogen-bond acceptors (Lipinski definition) is 2. The fourth-order valence-corrected chi connectivity index (χ4v) is 2.01. The zero-order valence-corrected chi connectivity index (χ0v) is 10.1. The van der Waals surface area contributed by atoms with Crippen LogP contribution < -0.4 is 4.74 Å². The molecule has 1 aromatic carbocycles. The van der Waals surface area contributed by atoms with Crippen LogP contribution in [0.15, 0.2) is 24.3 Å². The molecule has 2 unspecified atom stereocenters. The van der Waals surface area contributed by atoms with Gasteiger partial charge in [0, 0.05) is 6.42 Å². The first-order valence-corrected chi connectivity index (χ1v) is 6.12. The average Bonchev–Trinajstić information content (AvgIpc) is 3.06. The molecule has 16 heavy (non-hydrogen) atoms. The van der Waals surface area contributed by atoms with Crippen molar-refractivity contribution >= 4 is 0 Å². The summed E-state index contributed by atoms with van der Waals surface area (Å²) in [6, 6.07) is 8.27. The molecule has 1 aliphatic rings. The van der Waals surface area contributed by atoms with Gasteiger partial charge in [0.1, 0.15) is 5.75 Å². The minimum absolute atomic E-state index is 0.458. The van der Waals surface area contributed by atoms with Crippen LogP contribution in [0.3, 0.4) is 0 Å². The molecule has 0 amide bonds. The third-order valence-corrected chi connectivity index (χ3v) is 3.13. The van der Waals surface area contributed by atoms with Crippen molar-refractivity contribution in [2.24, 2.45) is 0 Å². The first kappa shape index (κ1) is 11.5. The molecule has 0 radical (unpaired) electrons. The number of hydrogen-bond donors (Lipinski definition) is 0. The van der Waals surface area contributed by atoms with Crippen LogP contribution in [-0.4, -0.2) is 19.3 Å². The number of ether oxygens (including phenoxy) is 2. The number of epoxide rings is 1. The van der Waals surface area contributed by atoms with E-state index in [9.17, 15) is 0 Å². The Morgan fingerprint density at radius 2 is 1.94 bits per heavy atom. The predicted molar refractivity (Wildman–Crippen MR) is 64.9 cm³/mol. The standard InChI is InChI=1S/C14H20O2/c1-3-4-5-13-14(16-13)10-11-6-8-12(15-2)9-7-11/h6-9,13-14H,3-5,10H2,1-2H3. The van der Waals surface area contributed by atoms with Crippen LogP contribution in [0.2, 0.25) is 0 Å². The lowest BCUT2D eigenvalue weighted by atomic mass is 10.1. The highest BCUT2D eigenvalue weighted by Gasteiger charge is 2.37. The van der Waals surface area contributed by atoms with Gasteiger partial charge < -0.3 is 9.47 Å². The highest BCUT2D eigenvalue weighted by molar-refractivity contribution is 5.28. The zero-order chi connectivity index (χ0) is 11.4. The van der Waals surface area contributed by atoms with Crippen molar-refractivity contribution in [2.75, 3.05) is 7.11 Å². The van der Waals surface area contributed by atoms with E-state index in [2.05, 4.69) is 19.1 Å². The third-order valence-electron chi connectivity index (χ3n) is 3.13. The lowest BCUT2D eigenvalue weighted by Crippen LogP contribution is -1.98. The molecule has 88 valence electrons. The summed E-state index contributed by atoms with van der Waals surface area (Å²) in [5.74, 6) is 0.919. The van der Waals surface area contributed by atoms with Crippen molar-refractivity contribution in [2.45, 2.75) is 44.8 Å². The summed E-state index contributed by atoms with van der Waals surface area (Å²) in [6.07, 6.45) is 5.77. The minimum atomic E-state index is 0.458. The Morgan fingerprint density at radius 1 is 1.19 bits per heavy atom. The Morgan fingerprint density at radius 3 is 2.56 bits per heavy atom. The van der Waals surface area contributed by atoms with Crippen molar-refractivity contribution in [1.82, 2.24) is 0 Å². The van der Waals surface area contributed by atoms with Gasteiger partial charge in [-0.15, -0.1) is 0 Å². The van der Waals surface area contributed by atoms with Crippen LogP contribution in [0.4, 0.5) is 0 Å². The van der Waals surface area contributed by atoms with Crippen LogP contribution >= 0.6 is 0 Å². The molecule has 1 aliphatic heterocycles. The van der Waals surface area contributed by atoms with Crippen molar-refractivity contribution in [3.63, 3.8) is 0 Å². The van der Waals surface area contributed by atoms with Gasteiger partial charge in [0.15, 0.2) is 0 Å². The average molecular weight is 220 g/mol. The zero-order valence-electron chi connectivity index (χ0n) is 10.1. The van der Waals surface area contributed by atoms with Gasteiger partial charge in [-0.25, -0.2) is 0 Å². The van der Waals surface area contributed by atoms with Crippen LogP contribution in [0, 0.1) is 0 Å². The highest BCUT2D eigenvalue weighted by atomic mass is 16.6. The van der Waals surface area contributed by atoms with E-state index in [4.69, 9.17) is 9.47 Å². The van der Waals surface area contributed by atoms with Crippen molar-refractivity contribution in [3.05, 3.63) is 29.8 Å². The van der Waals surface area contributed by atoms with Gasteiger partial charge in [-0.05, 0) is 24.1 Å². The van der Waals surface area contributed by atoms with E-state index in [1.807, 2.05) is 12.1 Å². The van der Waals surface area contributed by atoms with Crippen LogP contribution in [0.5, 0.6) is 5.75 Å². The van der Waals surface area contributed by atoms with Gasteiger partial charge in [0.05, 0.1) is 19.3 Å². The van der Waals surface area contributed by atoms with E-state index < -0.39 is 0 Å². The van der Waals surface area contributed by atoms with Crippen molar-refractivity contribution < 1.29 is 9.47 Å². The number of rotatable bonds is 6. The molecular weight excluding hydrogens is 200 g/mol. The summed E-state index contributed by atoms with van der Waals surface area (Å²) in [5.41, 5.74) is 1.34. The number of benzene rings is 1. The van der Waals surface area contributed by atoms with E-state index in [0.29, 0.717) is 12.2 Å². The van der Waals surface area contributed by atoms with Crippen molar-refractivity contribution in [3.8, 4) is 5.75 Å². The Kier molecular flexibility index (Phi) is 3.83. The second-order valence-electron chi connectivity index (χ2n) is 4.41. The van der Waals surface area contributed by atoms with Gasteiger partial charge >= 0.3 is 0 Å². The molecule has 1 saturated heterocycles. The Bertz CT molecular complexity index is 318. The first-order chi connectivity index (χ1) is 7.83. The van der Waals surface area contributed by atoms with Gasteiger partial charge in [-0.2, -0.15) is 0 Å². The largest absolute Gasteiger partial charge is 0.497 e. The lowest BCUT2D eigenvalue weighted by molar-refractivity contribution is 0.358. The molecule has 1 heterocycles. The van der Waals surface area contributed by atoms with E-state index in [0.717, 1.165) is 12.2 Å². The van der Waals surface area contributed by atoms with E-state index in [-0.39, 0.29) is 0 Å². The predicted octanol–water partition coefficient (Wildman–Crippen LogP) is 3.20. The molecule has 0 aliphatic carbocycles. The number of methoxy groups -OCH3 is 1. The number of unbranched alkanes of at least 4 members (excludes halogenated alkanes) is 1. The van der Waals surface area contributed by atoms with Crippen molar-refractivity contribution in [1.29, 1.82) is 0 Å². The van der Waals surface area contributed by atoms with Gasteiger partial charge in [-0.3, -0.25) is 0 Å². The van der Waals surface area contributed by atoms with E-state index in [1.165, 1.54) is 24.8 Å². The molecule has 1 aromatic rings. The summed E-state index contributed by atoms with van der Waals surface area (Å²) in [7, 11) is 1.69. The first-order valence-electron chi connectivity index (χ1n) is 6.12. The van der Waals surface area contributed by atoms with Gasteiger partial charge in [0.25, 0.3) is 0 Å². The van der Waals surface area contributed by atoms with Crippen LogP contribution in [0.1, 0.15) is 31.7 Å². The van der Waals surface area contributed by atoms with Gasteiger partial charge in [-0.1, -0.05) is 31.9 Å². The molecule has 0 spiro atoms. The van der Waals surface area contributed by atoms with Crippen LogP contribution in [0.25, 0.3) is 0 Å². The molecule has 0 bridgehead atoms. The monoisotopic (exact) mass is 220 g/mol. The summed E-state index contributed by atoms with van der Waals surface area (Å²) >= 11 is 0. The molecule has 2 atom stereocenters. The van der Waals surface area contributed by atoms with Gasteiger partial charge in [0.2, 0.25) is 0 Å². The topological polar surface area (TPSA) is 21.8 Å². The fourth-order valence-electron chi connectivity index (χ4n) is 2.01. The quantitative estimate of drug-likeness (QED) is 0.687. The third kappa shape index (κ3) is 2.99. The molecular formula is C14H20O2. The van der Waals surface area contributed by atoms with E-state index in [1.54, 1.807) is 7.11 Å². The molecule has 0 saturated carbocycles. The Balaban J connectivity index is 1.78. The second-order valence-corrected chi connectivity index (χ2v) is 4.41. The Hall–Kier alpha value is -1.02. The second kappa shape index (κ2) is 5.35. The maximum absolute atomic E-state index is 5.65. The smallest absolute Gasteiger partial charge is 0.118 e.